The van der Waals surface area contributed by atoms with E-state index in [2.05, 4.69) is 10.1 Å². The molecule has 1 aromatic heterocycles. The van der Waals surface area contributed by atoms with Crippen molar-refractivity contribution in [2.45, 2.75) is 6.42 Å². The van der Waals surface area contributed by atoms with Crippen molar-refractivity contribution in [1.82, 2.24) is 4.98 Å². The minimum absolute atomic E-state index is 0.0590. The van der Waals surface area contributed by atoms with Gasteiger partial charge in [-0.2, -0.15) is 8.42 Å². The number of rotatable bonds is 4. The van der Waals surface area contributed by atoms with Crippen LogP contribution in [0.2, 0.25) is 0 Å². The fraction of sp³-hybridized carbons (Fsp3) is 0.200. The normalized spacial score (nSPS) is 11.2. The monoisotopic (exact) mass is 237 g/mol. The van der Waals surface area contributed by atoms with Gasteiger partial charge in [-0.3, -0.25) is 4.79 Å². The Morgan fingerprint density at radius 3 is 2.86 bits per heavy atom. The van der Waals surface area contributed by atoms with Gasteiger partial charge in [-0.25, -0.2) is 14.8 Å². The number of hydrogen-bond acceptors (Lipinski definition) is 5. The second kappa shape index (κ2) is 3.90. The van der Waals surface area contributed by atoms with Gasteiger partial charge in [0.05, 0.1) is 12.1 Å². The minimum Gasteiger partial charge on any atom is -0.481 e. The predicted molar refractivity (Wildman–Crippen MR) is 50.2 cm³/mol. The van der Waals surface area contributed by atoms with E-state index in [4.69, 9.17) is 5.11 Å². The molecule has 7 nitrogen and oxygen atoms in total. The molecule has 0 bridgehead atoms. The number of nitrogens with one attached hydrogen (secondary N) is 1. The fourth-order valence-corrected chi connectivity index (χ4v) is 2.10. The molecule has 0 radical (unpaired) electrons. The molecule has 0 saturated heterocycles. The first-order valence-corrected chi connectivity index (χ1v) is 5.76. The standard InChI is InChI=1S/C5H7N3O4S2/c6-14(11,12)8-5-7-3(2-13-5)1-4(9)10/h2H,1H2,(H,7,8)(H,9,10)(H2,6,11,12). The van der Waals surface area contributed by atoms with Crippen LogP contribution in [0, 0.1) is 0 Å². The maximum atomic E-state index is 10.5. The molecule has 1 heterocycles. The largest absolute Gasteiger partial charge is 0.481 e. The summed E-state index contributed by atoms with van der Waals surface area (Å²) in [7, 11) is -3.84. The third kappa shape index (κ3) is 3.68. The van der Waals surface area contributed by atoms with Crippen LogP contribution in [0.4, 0.5) is 5.13 Å². The number of thiazole rings is 1. The summed E-state index contributed by atoms with van der Waals surface area (Å²) >= 11 is 0.974. The second-order valence-corrected chi connectivity index (χ2v) is 4.51. The number of carboxylic acid groups (broad SMARTS) is 1. The first-order valence-electron chi connectivity index (χ1n) is 3.33. The Morgan fingerprint density at radius 2 is 2.36 bits per heavy atom. The summed E-state index contributed by atoms with van der Waals surface area (Å²) in [5, 5.41) is 14.6. The molecule has 0 aliphatic rings. The van der Waals surface area contributed by atoms with Crippen molar-refractivity contribution in [3.63, 3.8) is 0 Å². The highest BCUT2D eigenvalue weighted by Gasteiger charge is 2.09. The van der Waals surface area contributed by atoms with E-state index in [1.165, 1.54) is 5.38 Å². The van der Waals surface area contributed by atoms with Gasteiger partial charge < -0.3 is 5.11 Å². The van der Waals surface area contributed by atoms with Gasteiger partial charge in [-0.1, -0.05) is 0 Å². The molecule has 0 unspecified atom stereocenters. The SMILES string of the molecule is NS(=O)(=O)Nc1nc(CC(=O)O)cs1. The molecule has 0 aliphatic heterocycles. The van der Waals surface area contributed by atoms with Crippen molar-refractivity contribution < 1.29 is 18.3 Å². The quantitative estimate of drug-likeness (QED) is 0.644. The third-order valence-corrected chi connectivity index (χ3v) is 2.53. The number of hydrogen-bond donors (Lipinski definition) is 3. The van der Waals surface area contributed by atoms with Crippen LogP contribution in [-0.4, -0.2) is 24.5 Å². The summed E-state index contributed by atoms with van der Waals surface area (Å²) in [6.07, 6.45) is -0.247. The van der Waals surface area contributed by atoms with E-state index in [0.29, 0.717) is 0 Å². The van der Waals surface area contributed by atoms with E-state index in [-0.39, 0.29) is 17.2 Å². The molecule has 0 amide bonds. The molecule has 9 heteroatoms. The Hall–Kier alpha value is -1.19. The van der Waals surface area contributed by atoms with E-state index in [1.807, 2.05) is 4.72 Å². The first-order chi connectivity index (χ1) is 6.37. The lowest BCUT2D eigenvalue weighted by Crippen LogP contribution is -2.21. The number of anilines is 1. The van der Waals surface area contributed by atoms with E-state index in [0.717, 1.165) is 11.3 Å². The zero-order valence-corrected chi connectivity index (χ0v) is 8.43. The van der Waals surface area contributed by atoms with Gasteiger partial charge in [-0.15, -0.1) is 11.3 Å². The van der Waals surface area contributed by atoms with Crippen molar-refractivity contribution >= 4 is 32.6 Å². The summed E-state index contributed by atoms with van der Waals surface area (Å²) in [4.78, 5) is 14.0. The fourth-order valence-electron chi connectivity index (χ4n) is 0.712. The van der Waals surface area contributed by atoms with E-state index in [9.17, 15) is 13.2 Å². The average molecular weight is 237 g/mol. The Bertz CT molecular complexity index is 438. The topological polar surface area (TPSA) is 122 Å². The third-order valence-electron chi connectivity index (χ3n) is 1.11. The van der Waals surface area contributed by atoms with Crippen molar-refractivity contribution in [2.75, 3.05) is 4.72 Å². The molecule has 0 fully saturated rings. The predicted octanol–water partition coefficient (Wildman–Crippen LogP) is -0.614. The molecular weight excluding hydrogens is 230 g/mol. The number of carbonyl (C=O) groups is 1. The highest BCUT2D eigenvalue weighted by Crippen LogP contribution is 2.16. The van der Waals surface area contributed by atoms with Crippen molar-refractivity contribution in [1.29, 1.82) is 0 Å². The van der Waals surface area contributed by atoms with Crippen molar-refractivity contribution in [3.05, 3.63) is 11.1 Å². The highest BCUT2D eigenvalue weighted by molar-refractivity contribution is 7.90. The number of nitrogens with zero attached hydrogens (tertiary/aromatic N) is 1. The molecule has 1 rings (SSSR count). The second-order valence-electron chi connectivity index (χ2n) is 2.36. The van der Waals surface area contributed by atoms with Crippen LogP contribution in [-0.2, 0) is 21.4 Å². The summed E-state index contributed by atoms with van der Waals surface area (Å²) in [6, 6.07) is 0. The van der Waals surface area contributed by atoms with Gasteiger partial charge >= 0.3 is 5.97 Å². The zero-order chi connectivity index (χ0) is 10.8. The number of nitrogens with two attached hydrogens (primary N) is 1. The summed E-state index contributed by atoms with van der Waals surface area (Å²) in [5.41, 5.74) is 0.286. The minimum atomic E-state index is -3.84. The van der Waals surface area contributed by atoms with Gasteiger partial charge in [0, 0.05) is 5.38 Å². The first kappa shape index (κ1) is 10.9. The molecule has 14 heavy (non-hydrogen) atoms. The number of aromatic nitrogens is 1. The molecule has 0 saturated carbocycles. The Kier molecular flexibility index (Phi) is 3.03. The molecule has 0 aromatic carbocycles. The van der Waals surface area contributed by atoms with Gasteiger partial charge in [0.15, 0.2) is 5.13 Å². The maximum absolute atomic E-state index is 10.5. The summed E-state index contributed by atoms with van der Waals surface area (Å²) in [6.45, 7) is 0. The van der Waals surface area contributed by atoms with Crippen molar-refractivity contribution in [2.24, 2.45) is 5.14 Å². The van der Waals surface area contributed by atoms with E-state index in [1.54, 1.807) is 0 Å². The lowest BCUT2D eigenvalue weighted by molar-refractivity contribution is -0.136. The Balaban J connectivity index is 2.74. The molecule has 0 spiro atoms. The number of carboxylic acids is 1. The van der Waals surface area contributed by atoms with Gasteiger partial charge in [0.1, 0.15) is 0 Å². The van der Waals surface area contributed by atoms with Crippen LogP contribution in [0.5, 0.6) is 0 Å². The Morgan fingerprint density at radius 1 is 1.71 bits per heavy atom. The van der Waals surface area contributed by atoms with Crippen LogP contribution in [0.3, 0.4) is 0 Å². The molecule has 0 atom stereocenters. The van der Waals surface area contributed by atoms with Crippen LogP contribution in [0.25, 0.3) is 0 Å². The smallest absolute Gasteiger partial charge is 0.309 e. The summed E-state index contributed by atoms with van der Waals surface area (Å²) in [5.74, 6) is -1.03. The highest BCUT2D eigenvalue weighted by atomic mass is 32.2. The molecule has 1 aromatic rings. The van der Waals surface area contributed by atoms with Gasteiger partial charge in [-0.05, 0) is 0 Å². The number of aliphatic carboxylic acids is 1. The average Bonchev–Trinajstić information content (AvgIpc) is 2.30. The van der Waals surface area contributed by atoms with Crippen LogP contribution in [0.1, 0.15) is 5.69 Å². The van der Waals surface area contributed by atoms with Crippen LogP contribution >= 0.6 is 11.3 Å². The van der Waals surface area contributed by atoms with Crippen molar-refractivity contribution in [3.8, 4) is 0 Å². The zero-order valence-electron chi connectivity index (χ0n) is 6.80. The van der Waals surface area contributed by atoms with E-state index >= 15 is 0 Å². The molecule has 0 aliphatic carbocycles. The van der Waals surface area contributed by atoms with Crippen LogP contribution in [0.15, 0.2) is 5.38 Å². The van der Waals surface area contributed by atoms with Gasteiger partial charge in [0.25, 0.3) is 10.2 Å². The maximum Gasteiger partial charge on any atom is 0.309 e. The van der Waals surface area contributed by atoms with E-state index < -0.39 is 16.2 Å². The lowest BCUT2D eigenvalue weighted by atomic mass is 10.3. The van der Waals surface area contributed by atoms with Crippen LogP contribution < -0.4 is 9.86 Å². The Labute approximate surface area is 83.8 Å². The lowest BCUT2D eigenvalue weighted by Gasteiger charge is -1.95. The molecule has 78 valence electrons. The molecular formula is C5H7N3O4S2. The van der Waals surface area contributed by atoms with Gasteiger partial charge in [0.2, 0.25) is 0 Å². The molecule has 4 N–H and O–H groups in total. The summed E-state index contributed by atoms with van der Waals surface area (Å²) < 4.78 is 23.0.